The van der Waals surface area contributed by atoms with E-state index in [0.717, 1.165) is 30.0 Å². The van der Waals surface area contributed by atoms with E-state index in [2.05, 4.69) is 27.9 Å². The maximum Gasteiger partial charge on any atom is 0.340 e. The highest BCUT2D eigenvalue weighted by Gasteiger charge is 2.17. The van der Waals surface area contributed by atoms with Crippen LogP contribution < -0.4 is 10.6 Å². The van der Waals surface area contributed by atoms with E-state index in [1.54, 1.807) is 0 Å². The maximum absolute atomic E-state index is 12.2. The molecule has 0 radical (unpaired) electrons. The third-order valence-corrected chi connectivity index (χ3v) is 5.56. The predicted molar refractivity (Wildman–Crippen MR) is 121 cm³/mol. The number of carbonyl (C=O) groups is 1. The van der Waals surface area contributed by atoms with Gasteiger partial charge in [0.15, 0.2) is 5.11 Å². The molecule has 0 saturated heterocycles. The molecule has 0 aliphatic heterocycles. The van der Waals surface area contributed by atoms with E-state index in [1.165, 1.54) is 24.0 Å². The lowest BCUT2D eigenvalue weighted by molar-refractivity contribution is 0.0602. The number of rotatable bonds is 8. The second kappa shape index (κ2) is 10.2. The zero-order valence-corrected chi connectivity index (χ0v) is 18.1. The molecule has 152 valence electrons. The fourth-order valence-corrected chi connectivity index (χ4v) is 4.21. The Labute approximate surface area is 179 Å². The van der Waals surface area contributed by atoms with Crippen molar-refractivity contribution in [1.29, 1.82) is 0 Å². The minimum Gasteiger partial charge on any atom is -0.465 e. The number of hydrogen-bond acceptors (Lipinski definition) is 5. The highest BCUT2D eigenvalue weighted by atomic mass is 32.1. The summed E-state index contributed by atoms with van der Waals surface area (Å²) >= 11 is 6.91. The summed E-state index contributed by atoms with van der Waals surface area (Å²) in [5.74, 6) is -0.375. The fourth-order valence-electron chi connectivity index (χ4n) is 2.86. The van der Waals surface area contributed by atoms with Crippen molar-refractivity contribution in [1.82, 2.24) is 15.1 Å². The zero-order valence-electron chi connectivity index (χ0n) is 16.5. The summed E-state index contributed by atoms with van der Waals surface area (Å²) in [7, 11) is 1.38. The van der Waals surface area contributed by atoms with Crippen molar-refractivity contribution in [3.05, 3.63) is 70.4 Å². The smallest absolute Gasteiger partial charge is 0.340 e. The first-order chi connectivity index (χ1) is 14.0. The van der Waals surface area contributed by atoms with Gasteiger partial charge in [0.05, 0.1) is 18.4 Å². The second-order valence-electron chi connectivity index (χ2n) is 6.56. The molecule has 0 unspecified atom stereocenters. The monoisotopic (exact) mass is 428 g/mol. The van der Waals surface area contributed by atoms with Crippen LogP contribution in [-0.4, -0.2) is 34.5 Å². The van der Waals surface area contributed by atoms with Gasteiger partial charge >= 0.3 is 5.97 Å². The lowest BCUT2D eigenvalue weighted by Gasteiger charge is -2.10. The average molecular weight is 429 g/mol. The number of nitrogens with zero attached hydrogens (tertiary/aromatic N) is 2. The summed E-state index contributed by atoms with van der Waals surface area (Å²) in [5, 5.41) is 11.9. The van der Waals surface area contributed by atoms with Crippen molar-refractivity contribution in [2.75, 3.05) is 19.0 Å². The van der Waals surface area contributed by atoms with E-state index in [9.17, 15) is 4.79 Å². The molecule has 8 heteroatoms. The first-order valence-electron chi connectivity index (χ1n) is 9.35. The summed E-state index contributed by atoms with van der Waals surface area (Å²) in [6.45, 7) is 3.50. The number of hydrogen-bond donors (Lipinski definition) is 2. The minimum absolute atomic E-state index is 0.375. The molecule has 0 fully saturated rings. The summed E-state index contributed by atoms with van der Waals surface area (Å²) in [6.07, 6.45) is 3.60. The summed E-state index contributed by atoms with van der Waals surface area (Å²) in [6, 6.07) is 14.0. The lowest BCUT2D eigenvalue weighted by atomic mass is 10.1. The van der Waals surface area contributed by atoms with E-state index in [-0.39, 0.29) is 5.97 Å². The van der Waals surface area contributed by atoms with Crippen LogP contribution in [0.1, 0.15) is 32.9 Å². The quantitative estimate of drug-likeness (QED) is 0.321. The van der Waals surface area contributed by atoms with Gasteiger partial charge in [0.25, 0.3) is 0 Å². The number of methoxy groups -OCH3 is 1. The lowest BCUT2D eigenvalue weighted by Crippen LogP contribution is -2.30. The van der Waals surface area contributed by atoms with Gasteiger partial charge in [-0.2, -0.15) is 5.10 Å². The Morgan fingerprint density at radius 2 is 2.07 bits per heavy atom. The van der Waals surface area contributed by atoms with Gasteiger partial charge in [-0.05, 0) is 43.3 Å². The average Bonchev–Trinajstić information content (AvgIpc) is 3.31. The number of aromatic nitrogens is 2. The van der Waals surface area contributed by atoms with Gasteiger partial charge < -0.3 is 15.4 Å². The van der Waals surface area contributed by atoms with Gasteiger partial charge in [0, 0.05) is 30.6 Å². The molecule has 2 N–H and O–H groups in total. The van der Waals surface area contributed by atoms with Crippen molar-refractivity contribution in [3.8, 4) is 0 Å². The number of benzene rings is 1. The normalized spacial score (nSPS) is 10.6. The number of carbonyl (C=O) groups excluding carboxylic acids is 1. The number of ether oxygens (including phenoxy) is 1. The fraction of sp³-hybridized carbons (Fsp3) is 0.286. The summed E-state index contributed by atoms with van der Waals surface area (Å²) in [4.78, 5) is 13.2. The van der Waals surface area contributed by atoms with Crippen LogP contribution >= 0.6 is 23.6 Å². The third-order valence-electron chi connectivity index (χ3n) is 4.26. The van der Waals surface area contributed by atoms with E-state index < -0.39 is 0 Å². The van der Waals surface area contributed by atoms with Crippen LogP contribution in [0.2, 0.25) is 0 Å². The Balaban J connectivity index is 1.57. The SMILES string of the molecule is COC(=O)c1cc(Cc2ccccc2)sc1NC(=S)NCCCn1ccc(C)n1. The number of thiocarbonyl (C=S) groups is 1. The standard InChI is InChI=1S/C21H24N4O2S2/c1-15-9-12-25(24-15)11-6-10-22-21(28)23-19-18(20(26)27-2)14-17(29-19)13-16-7-4-3-5-8-16/h3-5,7-9,12,14H,6,10-11,13H2,1-2H3,(H2,22,23,28). The molecule has 2 heterocycles. The van der Waals surface area contributed by atoms with Crippen LogP contribution in [0, 0.1) is 6.92 Å². The number of thiophene rings is 1. The highest BCUT2D eigenvalue weighted by Crippen LogP contribution is 2.30. The second-order valence-corrected chi connectivity index (χ2v) is 8.11. The molecule has 0 spiro atoms. The molecule has 0 bridgehead atoms. The van der Waals surface area contributed by atoms with Gasteiger partial charge in [-0.3, -0.25) is 4.68 Å². The van der Waals surface area contributed by atoms with E-state index in [4.69, 9.17) is 17.0 Å². The largest absolute Gasteiger partial charge is 0.465 e. The first kappa shape index (κ1) is 21.0. The molecule has 0 amide bonds. The van der Waals surface area contributed by atoms with Crippen molar-refractivity contribution in [3.63, 3.8) is 0 Å². The summed E-state index contributed by atoms with van der Waals surface area (Å²) in [5.41, 5.74) is 2.69. The number of aryl methyl sites for hydroxylation is 2. The van der Waals surface area contributed by atoms with Crippen LogP contribution in [0.4, 0.5) is 5.00 Å². The van der Waals surface area contributed by atoms with Crippen molar-refractivity contribution in [2.45, 2.75) is 26.3 Å². The van der Waals surface area contributed by atoms with Gasteiger partial charge in [-0.1, -0.05) is 30.3 Å². The molecule has 3 aromatic rings. The Morgan fingerprint density at radius 1 is 1.28 bits per heavy atom. The van der Waals surface area contributed by atoms with Crippen LogP contribution in [0.15, 0.2) is 48.7 Å². The molecule has 1 aromatic carbocycles. The Hall–Kier alpha value is -2.71. The van der Waals surface area contributed by atoms with Crippen molar-refractivity contribution >= 4 is 39.6 Å². The number of anilines is 1. The molecular weight excluding hydrogens is 404 g/mol. The topological polar surface area (TPSA) is 68.2 Å². The van der Waals surface area contributed by atoms with Gasteiger partial charge in [0.1, 0.15) is 5.00 Å². The van der Waals surface area contributed by atoms with Crippen LogP contribution in [0.5, 0.6) is 0 Å². The molecule has 0 saturated carbocycles. The first-order valence-corrected chi connectivity index (χ1v) is 10.6. The molecule has 6 nitrogen and oxygen atoms in total. The van der Waals surface area contributed by atoms with E-state index in [1.807, 2.05) is 48.1 Å². The maximum atomic E-state index is 12.2. The third kappa shape index (κ3) is 6.13. The van der Waals surface area contributed by atoms with Crippen LogP contribution in [-0.2, 0) is 17.7 Å². The Bertz CT molecular complexity index is 966. The molecule has 0 aliphatic rings. The molecule has 0 aliphatic carbocycles. The van der Waals surface area contributed by atoms with Gasteiger partial charge in [-0.25, -0.2) is 4.79 Å². The number of esters is 1. The van der Waals surface area contributed by atoms with E-state index in [0.29, 0.717) is 22.2 Å². The van der Waals surface area contributed by atoms with Crippen LogP contribution in [0.25, 0.3) is 0 Å². The number of nitrogens with one attached hydrogen (secondary N) is 2. The minimum atomic E-state index is -0.375. The molecule has 3 rings (SSSR count). The molecule has 2 aromatic heterocycles. The highest BCUT2D eigenvalue weighted by molar-refractivity contribution is 7.80. The summed E-state index contributed by atoms with van der Waals surface area (Å²) < 4.78 is 6.84. The predicted octanol–water partition coefficient (Wildman–Crippen LogP) is 4.01. The molecule has 29 heavy (non-hydrogen) atoms. The van der Waals surface area contributed by atoms with Gasteiger partial charge in [0.2, 0.25) is 0 Å². The Morgan fingerprint density at radius 3 is 2.76 bits per heavy atom. The van der Waals surface area contributed by atoms with E-state index >= 15 is 0 Å². The van der Waals surface area contributed by atoms with Crippen LogP contribution in [0.3, 0.4) is 0 Å². The molecular formula is C21H24N4O2S2. The van der Waals surface area contributed by atoms with Gasteiger partial charge in [-0.15, -0.1) is 11.3 Å². The zero-order chi connectivity index (χ0) is 20.6. The van der Waals surface area contributed by atoms with Crippen molar-refractivity contribution < 1.29 is 9.53 Å². The molecule has 0 atom stereocenters. The Kier molecular flexibility index (Phi) is 7.37. The van der Waals surface area contributed by atoms with Crippen molar-refractivity contribution in [2.24, 2.45) is 0 Å².